The highest BCUT2D eigenvalue weighted by molar-refractivity contribution is 6.60. The van der Waals surface area contributed by atoms with E-state index in [9.17, 15) is 10.2 Å². The van der Waals surface area contributed by atoms with E-state index in [0.29, 0.717) is 18.2 Å². The quantitative estimate of drug-likeness (QED) is 0.434. The normalized spacial score (nSPS) is 12.2. The van der Waals surface area contributed by atoms with Crippen molar-refractivity contribution in [3.05, 3.63) is 23.8 Å². The second kappa shape index (κ2) is 8.00. The lowest BCUT2D eigenvalue weighted by molar-refractivity contribution is 0.123. The third-order valence-electron chi connectivity index (χ3n) is 2.95. The van der Waals surface area contributed by atoms with Crippen LogP contribution in [-0.4, -0.2) is 53.1 Å². The molecule has 0 aliphatic rings. The first-order valence-corrected chi connectivity index (χ1v) is 8.17. The molecule has 0 saturated carbocycles. The van der Waals surface area contributed by atoms with Crippen LogP contribution in [0.5, 0.6) is 11.5 Å². The summed E-state index contributed by atoms with van der Waals surface area (Å²) in [4.78, 5) is 4.23. The summed E-state index contributed by atoms with van der Waals surface area (Å²) in [5.41, 5.74) is 0.566. The van der Waals surface area contributed by atoms with Crippen LogP contribution in [0.1, 0.15) is 12.0 Å². The van der Waals surface area contributed by atoms with Crippen LogP contribution >= 0.6 is 0 Å². The van der Waals surface area contributed by atoms with Gasteiger partial charge in [-0.25, -0.2) is 0 Å². The van der Waals surface area contributed by atoms with Gasteiger partial charge in [0.2, 0.25) is 0 Å². The third-order valence-corrected chi connectivity index (χ3v) is 5.78. The highest BCUT2D eigenvalue weighted by atomic mass is 28.4. The average Bonchev–Trinajstić information content (AvgIpc) is 2.45. The number of phenols is 2. The van der Waals surface area contributed by atoms with Crippen LogP contribution in [-0.2, 0) is 13.3 Å². The molecule has 0 fully saturated rings. The molecule has 0 radical (unpaired) electrons. The summed E-state index contributed by atoms with van der Waals surface area (Å²) in [6, 6.07) is 5.06. The average molecular weight is 299 g/mol. The molecule has 0 aromatic heterocycles. The molecule has 0 heterocycles. The molecule has 112 valence electrons. The summed E-state index contributed by atoms with van der Waals surface area (Å²) in [7, 11) is 2.22. The number of aromatic hydroxyl groups is 2. The van der Waals surface area contributed by atoms with Gasteiger partial charge < -0.3 is 23.5 Å². The van der Waals surface area contributed by atoms with Crippen molar-refractivity contribution < 1.29 is 23.5 Å². The Hall–Kier alpha value is -1.41. The first kappa shape index (κ1) is 16.6. The van der Waals surface area contributed by atoms with Crippen molar-refractivity contribution in [3.8, 4) is 11.5 Å². The van der Waals surface area contributed by atoms with Gasteiger partial charge >= 0.3 is 8.80 Å². The van der Waals surface area contributed by atoms with Crippen LogP contribution in [0.2, 0.25) is 6.04 Å². The molecule has 0 aliphatic heterocycles. The minimum atomic E-state index is -2.52. The fourth-order valence-corrected chi connectivity index (χ4v) is 3.45. The summed E-state index contributed by atoms with van der Waals surface area (Å²) < 4.78 is 15.9. The van der Waals surface area contributed by atoms with Gasteiger partial charge in [-0.05, 0) is 18.6 Å². The molecule has 0 saturated heterocycles. The summed E-state index contributed by atoms with van der Waals surface area (Å²) in [6.07, 6.45) is 2.33. The van der Waals surface area contributed by atoms with E-state index in [4.69, 9.17) is 13.3 Å². The van der Waals surface area contributed by atoms with Crippen LogP contribution in [0.25, 0.3) is 0 Å². The van der Waals surface area contributed by atoms with E-state index in [1.54, 1.807) is 33.6 Å². The molecule has 1 aromatic carbocycles. The molecule has 20 heavy (non-hydrogen) atoms. The predicted molar refractivity (Wildman–Crippen MR) is 78.4 cm³/mol. The van der Waals surface area contributed by atoms with Gasteiger partial charge in [0, 0.05) is 51.8 Å². The van der Waals surface area contributed by atoms with Gasteiger partial charge in [-0.3, -0.25) is 4.99 Å². The lowest BCUT2D eigenvalue weighted by atomic mass is 10.2. The lowest BCUT2D eigenvalue weighted by Gasteiger charge is -2.23. The maximum Gasteiger partial charge on any atom is 0.500 e. The monoisotopic (exact) mass is 299 g/mol. The number of rotatable bonds is 8. The van der Waals surface area contributed by atoms with Gasteiger partial charge in [-0.1, -0.05) is 0 Å². The van der Waals surface area contributed by atoms with Gasteiger partial charge in [0.1, 0.15) is 11.5 Å². The topological polar surface area (TPSA) is 80.5 Å². The zero-order chi connectivity index (χ0) is 15.0. The smallest absolute Gasteiger partial charge is 0.500 e. The maximum atomic E-state index is 9.59. The largest absolute Gasteiger partial charge is 0.508 e. The van der Waals surface area contributed by atoms with Crippen LogP contribution in [0, 0.1) is 0 Å². The SMILES string of the molecule is CO[Si](CCCN=Cc1ccc(O)cc1O)(OC)OC. The summed E-state index contributed by atoms with van der Waals surface area (Å²) in [6.45, 7) is 0.575. The Balaban J connectivity index is 2.46. The van der Waals surface area contributed by atoms with Crippen molar-refractivity contribution >= 4 is 15.0 Å². The summed E-state index contributed by atoms with van der Waals surface area (Å²) in [5.74, 6) is 0.0267. The molecule has 0 spiro atoms. The van der Waals surface area contributed by atoms with Crippen LogP contribution in [0.3, 0.4) is 0 Å². The molecule has 2 N–H and O–H groups in total. The Morgan fingerprint density at radius 3 is 2.35 bits per heavy atom. The summed E-state index contributed by atoms with van der Waals surface area (Å²) >= 11 is 0. The molecule has 0 atom stereocenters. The van der Waals surface area contributed by atoms with E-state index >= 15 is 0 Å². The molecule has 7 heteroatoms. The van der Waals surface area contributed by atoms with E-state index in [1.165, 1.54) is 12.1 Å². The molecular formula is C13H21NO5Si. The number of benzene rings is 1. The highest BCUT2D eigenvalue weighted by Crippen LogP contribution is 2.21. The van der Waals surface area contributed by atoms with Crippen molar-refractivity contribution in [1.82, 2.24) is 0 Å². The molecule has 1 aromatic rings. The molecule has 0 amide bonds. The van der Waals surface area contributed by atoms with Gasteiger partial charge in [-0.15, -0.1) is 0 Å². The maximum absolute atomic E-state index is 9.59. The number of hydrogen-bond donors (Lipinski definition) is 2. The number of phenolic OH excluding ortho intramolecular Hbond substituents is 2. The van der Waals surface area contributed by atoms with Crippen molar-refractivity contribution in [3.63, 3.8) is 0 Å². The Morgan fingerprint density at radius 1 is 1.15 bits per heavy atom. The van der Waals surface area contributed by atoms with Gasteiger partial charge in [0.05, 0.1) is 0 Å². The number of nitrogens with zero attached hydrogens (tertiary/aromatic N) is 1. The van der Waals surface area contributed by atoms with Gasteiger partial charge in [0.15, 0.2) is 0 Å². The molecular weight excluding hydrogens is 278 g/mol. The minimum Gasteiger partial charge on any atom is -0.508 e. The van der Waals surface area contributed by atoms with Crippen molar-refractivity contribution in [2.75, 3.05) is 27.9 Å². The highest BCUT2D eigenvalue weighted by Gasteiger charge is 2.36. The second-order valence-corrected chi connectivity index (χ2v) is 7.27. The van der Waals surface area contributed by atoms with Crippen LogP contribution in [0.4, 0.5) is 0 Å². The Labute approximate surface area is 120 Å². The van der Waals surface area contributed by atoms with E-state index < -0.39 is 8.80 Å². The number of hydrogen-bond acceptors (Lipinski definition) is 6. The first-order chi connectivity index (χ1) is 9.56. The zero-order valence-corrected chi connectivity index (χ0v) is 13.0. The molecule has 1 rings (SSSR count). The van der Waals surface area contributed by atoms with Crippen molar-refractivity contribution in [2.45, 2.75) is 12.5 Å². The van der Waals surface area contributed by atoms with E-state index in [2.05, 4.69) is 4.99 Å². The fourth-order valence-electron chi connectivity index (χ4n) is 1.75. The fraction of sp³-hybridized carbons (Fsp3) is 0.462. The second-order valence-electron chi connectivity index (χ2n) is 4.18. The molecule has 0 bridgehead atoms. The summed E-state index contributed by atoms with van der Waals surface area (Å²) in [5, 5.41) is 18.8. The van der Waals surface area contributed by atoms with E-state index in [0.717, 1.165) is 6.42 Å². The minimum absolute atomic E-state index is 0.00291. The predicted octanol–water partition coefficient (Wildman–Crippen LogP) is 1.78. The van der Waals surface area contributed by atoms with Crippen molar-refractivity contribution in [2.24, 2.45) is 4.99 Å². The van der Waals surface area contributed by atoms with E-state index in [1.807, 2.05) is 0 Å². The van der Waals surface area contributed by atoms with Crippen LogP contribution in [0.15, 0.2) is 23.2 Å². The third kappa shape index (κ3) is 4.60. The Bertz CT molecular complexity index is 440. The lowest BCUT2D eigenvalue weighted by Crippen LogP contribution is -2.42. The molecule has 0 unspecified atom stereocenters. The standard InChI is InChI=1S/C13H21NO5Si/c1-17-20(18-2,19-3)8-4-7-14-10-11-5-6-12(15)9-13(11)16/h5-6,9-10,15-16H,4,7-8H2,1-3H3. The first-order valence-electron chi connectivity index (χ1n) is 6.24. The van der Waals surface area contributed by atoms with Gasteiger partial charge in [0.25, 0.3) is 0 Å². The van der Waals surface area contributed by atoms with Crippen molar-refractivity contribution in [1.29, 1.82) is 0 Å². The van der Waals surface area contributed by atoms with Gasteiger partial charge in [-0.2, -0.15) is 0 Å². The molecule has 0 aliphatic carbocycles. The Morgan fingerprint density at radius 2 is 1.80 bits per heavy atom. The Kier molecular flexibility index (Phi) is 6.66. The molecule has 6 nitrogen and oxygen atoms in total. The number of aliphatic imine (C=N–C) groups is 1. The zero-order valence-electron chi connectivity index (χ0n) is 12.0. The van der Waals surface area contributed by atoms with E-state index in [-0.39, 0.29) is 11.5 Å². The van der Waals surface area contributed by atoms with Crippen LogP contribution < -0.4 is 0 Å².